The van der Waals surface area contributed by atoms with Crippen molar-refractivity contribution in [1.82, 2.24) is 9.55 Å². The molecule has 0 radical (unpaired) electrons. The summed E-state index contributed by atoms with van der Waals surface area (Å²) >= 11 is 0. The van der Waals surface area contributed by atoms with Crippen molar-refractivity contribution in [2.24, 2.45) is 0 Å². The van der Waals surface area contributed by atoms with Crippen molar-refractivity contribution in [3.63, 3.8) is 0 Å². The van der Waals surface area contributed by atoms with E-state index in [4.69, 9.17) is 23.4 Å². The maximum absolute atomic E-state index is 9.17. The van der Waals surface area contributed by atoms with Crippen LogP contribution >= 0.6 is 0 Å². The van der Waals surface area contributed by atoms with Crippen LogP contribution in [0.15, 0.2) is 255 Å². The normalized spacial score (nSPS) is 14.8. The third-order valence-electron chi connectivity index (χ3n) is 15.1. The lowest BCUT2D eigenvalue weighted by molar-refractivity contribution is -0.571. The first-order valence-corrected chi connectivity index (χ1v) is 25.9. The van der Waals surface area contributed by atoms with E-state index in [0.29, 0.717) is 28.2 Å². The summed E-state index contributed by atoms with van der Waals surface area (Å²) in [6, 6.07) is 57.2. The minimum Gasteiger partial charge on any atom is -0.458 e. The van der Waals surface area contributed by atoms with E-state index < -0.39 is 60.4 Å². The van der Waals surface area contributed by atoms with Crippen molar-refractivity contribution in [2.75, 3.05) is 14.7 Å². The van der Waals surface area contributed by atoms with E-state index in [9.17, 15) is 0 Å². The first-order chi connectivity index (χ1) is 42.5. The van der Waals surface area contributed by atoms with E-state index in [2.05, 4.69) is 151 Å². The van der Waals surface area contributed by atoms with Gasteiger partial charge in [-0.3, -0.25) is 14.0 Å². The SMILES string of the molecule is [2H]c1c([2H])c([2H])c(-c2cccc(-c3c([2H])c([2H])c([2H])c([2H])c3[2H])c2-[n+]2[c-]n(-c3cccc(Oc4cc5c6c(c4)N(c4cc(C(C)(C)C)ccn4)c4cccc7c4B6c4c(cccc4N5c4ccccc4)N7c4ccccc4)c3)c3ccccc32)c([2H])c1[2H]. The summed E-state index contributed by atoms with van der Waals surface area (Å²) in [5.41, 5.74) is 14.5. The highest BCUT2D eigenvalue weighted by Crippen LogP contribution is 2.51. The van der Waals surface area contributed by atoms with Gasteiger partial charge in [0.05, 0.1) is 36.1 Å². The highest BCUT2D eigenvalue weighted by atomic mass is 16.5. The Labute approximate surface area is 468 Å². The summed E-state index contributed by atoms with van der Waals surface area (Å²) in [5, 5.41) is 0. The standard InChI is InChI=1S/C70H51BN6O/c1-70(2,3)49-40-41-72-65(42-49)77-62-39-21-37-60-67(62)71-66-59(75(60)50-26-12-6-13-27-50)36-20-38-61(66)76(51-28-14-7-15-29-51)63-44-54(45-64(77)68(63)71)78-53-31-18-30-52(43-53)73-46-74(58-35-17-16-34-57(58)73)69-55(47-22-8-4-9-23-47)32-19-33-56(69)48-24-10-5-11-25-48/h4-45H,1-3H3/i4D,5D,8D,9D,10D,11D,22D,23D,24D,25D. The maximum atomic E-state index is 9.17. The smallest absolute Gasteiger partial charge is 0.269 e. The topological polar surface area (TPSA) is 40.7 Å². The number of benzene rings is 10. The number of aromatic nitrogens is 3. The van der Waals surface area contributed by atoms with Gasteiger partial charge in [-0.15, -0.1) is 0 Å². The molecule has 0 saturated carbocycles. The fourth-order valence-electron chi connectivity index (χ4n) is 11.8. The Morgan fingerprint density at radius 1 is 0.487 bits per heavy atom. The average Bonchev–Trinajstić information content (AvgIpc) is 0.738. The average molecular weight is 1010 g/mol. The summed E-state index contributed by atoms with van der Waals surface area (Å²) in [6.07, 6.45) is 5.41. The molecule has 15 rings (SSSR count). The highest BCUT2D eigenvalue weighted by Gasteiger charge is 2.49. The molecule has 5 heterocycles. The lowest BCUT2D eigenvalue weighted by atomic mass is 9.32. The Balaban J connectivity index is 0.936. The van der Waals surface area contributed by atoms with Crippen LogP contribution in [0.4, 0.5) is 51.3 Å². The second-order valence-corrected chi connectivity index (χ2v) is 20.6. The molecule has 12 aromatic rings. The predicted octanol–water partition coefficient (Wildman–Crippen LogP) is 15.4. The second kappa shape index (κ2) is 17.9. The van der Waals surface area contributed by atoms with E-state index in [-0.39, 0.29) is 40.1 Å². The van der Waals surface area contributed by atoms with E-state index in [1.54, 1.807) is 22.8 Å². The van der Waals surface area contributed by atoms with Gasteiger partial charge in [0.15, 0.2) is 0 Å². The van der Waals surface area contributed by atoms with Gasteiger partial charge in [-0.2, -0.15) is 0 Å². The predicted molar refractivity (Wildman–Crippen MR) is 320 cm³/mol. The zero-order valence-corrected chi connectivity index (χ0v) is 42.6. The molecular formula is C70H51BN6O. The summed E-state index contributed by atoms with van der Waals surface area (Å²) in [7, 11) is 0. The van der Waals surface area contributed by atoms with Crippen LogP contribution in [0, 0.1) is 6.33 Å². The number of anilines is 9. The third-order valence-corrected chi connectivity index (χ3v) is 15.1. The molecule has 0 atom stereocenters. The molecule has 0 bridgehead atoms. The van der Waals surface area contributed by atoms with Crippen LogP contribution < -0.4 is 40.4 Å². The van der Waals surface area contributed by atoms with Crippen LogP contribution in [0.1, 0.15) is 40.0 Å². The lowest BCUT2D eigenvalue weighted by Gasteiger charge is -2.49. The molecule has 0 unspecified atom stereocenters. The van der Waals surface area contributed by atoms with Gasteiger partial charge in [0.1, 0.15) is 17.3 Å². The van der Waals surface area contributed by atoms with Crippen LogP contribution in [0.25, 0.3) is 44.7 Å². The van der Waals surface area contributed by atoms with Gasteiger partial charge in [-0.05, 0) is 128 Å². The number of pyridine rings is 1. The molecule has 0 N–H and O–H groups in total. The zero-order valence-electron chi connectivity index (χ0n) is 52.6. The minimum atomic E-state index is -0.573. The Morgan fingerprint density at radius 3 is 1.62 bits per heavy atom. The molecule has 3 aliphatic rings. The molecule has 370 valence electrons. The Morgan fingerprint density at radius 2 is 1.00 bits per heavy atom. The van der Waals surface area contributed by atoms with Crippen LogP contribution in [0.3, 0.4) is 0 Å². The molecule has 7 nitrogen and oxygen atoms in total. The number of rotatable bonds is 9. The van der Waals surface area contributed by atoms with Gasteiger partial charge in [-0.1, -0.05) is 178 Å². The van der Waals surface area contributed by atoms with Crippen molar-refractivity contribution in [3.05, 3.63) is 267 Å². The molecule has 2 aromatic heterocycles. The number of hydrogen-bond acceptors (Lipinski definition) is 5. The van der Waals surface area contributed by atoms with Crippen LogP contribution in [-0.2, 0) is 5.41 Å². The Hall–Kier alpha value is -9.92. The quantitative estimate of drug-likeness (QED) is 0.0819. The summed E-state index contributed by atoms with van der Waals surface area (Å²) < 4.78 is 99.1. The fraction of sp³-hybridized carbons (Fsp3) is 0.0571. The Bertz CT molecular complexity index is 4800. The van der Waals surface area contributed by atoms with E-state index in [0.717, 1.165) is 62.3 Å². The van der Waals surface area contributed by atoms with Crippen LogP contribution in [-0.4, -0.2) is 16.3 Å². The number of nitrogens with zero attached hydrogens (tertiary/aromatic N) is 6. The second-order valence-electron chi connectivity index (χ2n) is 20.6. The van der Waals surface area contributed by atoms with E-state index >= 15 is 0 Å². The molecule has 10 aromatic carbocycles. The lowest BCUT2D eigenvalue weighted by Crippen LogP contribution is -2.64. The monoisotopic (exact) mass is 1010 g/mol. The van der Waals surface area contributed by atoms with E-state index in [1.807, 2.05) is 71.4 Å². The highest BCUT2D eigenvalue weighted by molar-refractivity contribution is 7.02. The van der Waals surface area contributed by atoms with Gasteiger partial charge in [0, 0.05) is 63.8 Å². The van der Waals surface area contributed by atoms with Gasteiger partial charge < -0.3 is 14.5 Å². The molecule has 78 heavy (non-hydrogen) atoms. The molecule has 0 saturated heterocycles. The molecular weight excluding hydrogens is 952 g/mol. The van der Waals surface area contributed by atoms with Crippen molar-refractivity contribution in [3.8, 4) is 45.1 Å². The summed E-state index contributed by atoms with van der Waals surface area (Å²) in [6.45, 7) is 6.44. The number of para-hydroxylation sites is 5. The van der Waals surface area contributed by atoms with Gasteiger partial charge in [0.25, 0.3) is 13.0 Å². The van der Waals surface area contributed by atoms with Gasteiger partial charge in [0.2, 0.25) is 0 Å². The summed E-state index contributed by atoms with van der Waals surface area (Å²) in [5.74, 6) is 1.80. The first-order valence-electron chi connectivity index (χ1n) is 30.9. The third kappa shape index (κ3) is 7.21. The Kier molecular flexibility index (Phi) is 8.27. The largest absolute Gasteiger partial charge is 0.458 e. The summed E-state index contributed by atoms with van der Waals surface area (Å²) in [4.78, 5) is 12.2. The molecule has 0 spiro atoms. The number of hydrogen-bond donors (Lipinski definition) is 0. The molecule has 3 aliphatic heterocycles. The molecule has 0 aliphatic carbocycles. The first kappa shape index (κ1) is 36.1. The van der Waals surface area contributed by atoms with Crippen molar-refractivity contribution in [2.45, 2.75) is 26.2 Å². The fourth-order valence-corrected chi connectivity index (χ4v) is 11.8. The van der Waals surface area contributed by atoms with Crippen molar-refractivity contribution in [1.29, 1.82) is 0 Å². The van der Waals surface area contributed by atoms with Crippen molar-refractivity contribution >= 4 is 85.5 Å². The van der Waals surface area contributed by atoms with Gasteiger partial charge in [-0.25, -0.2) is 4.98 Å². The molecule has 0 fully saturated rings. The van der Waals surface area contributed by atoms with Gasteiger partial charge >= 0.3 is 0 Å². The van der Waals surface area contributed by atoms with Crippen LogP contribution in [0.2, 0.25) is 0 Å². The van der Waals surface area contributed by atoms with E-state index in [1.165, 1.54) is 10.9 Å². The number of imidazole rings is 1. The number of fused-ring (bicyclic) bond motifs is 1. The maximum Gasteiger partial charge on any atom is 0.269 e. The molecule has 8 heteroatoms. The zero-order chi connectivity index (χ0) is 60.8. The van der Waals surface area contributed by atoms with Crippen molar-refractivity contribution < 1.29 is 23.0 Å². The molecule has 0 amide bonds. The minimum absolute atomic E-state index is 0.139. The van der Waals surface area contributed by atoms with Crippen LogP contribution in [0.5, 0.6) is 11.5 Å². The number of ether oxygens (including phenoxy) is 1.